The highest BCUT2D eigenvalue weighted by Crippen LogP contribution is 2.08. The molecule has 14 heavy (non-hydrogen) atoms. The van der Waals surface area contributed by atoms with Gasteiger partial charge in [-0.2, -0.15) is 5.10 Å². The molecule has 1 heterocycles. The maximum absolute atomic E-state index is 4.16. The Morgan fingerprint density at radius 3 is 2.57 bits per heavy atom. The lowest BCUT2D eigenvalue weighted by atomic mass is 10.1. The molecule has 1 rings (SSSR count). The molecule has 1 N–H and O–H groups in total. The van der Waals surface area contributed by atoms with Gasteiger partial charge in [-0.3, -0.25) is 0 Å². The van der Waals surface area contributed by atoms with Crippen molar-refractivity contribution in [2.75, 3.05) is 26.2 Å². The second kappa shape index (κ2) is 6.82. The number of piperidine rings is 1. The molecule has 1 aliphatic heterocycles. The number of rotatable bonds is 5. The molecule has 0 spiro atoms. The van der Waals surface area contributed by atoms with Crippen LogP contribution < -0.4 is 5.43 Å². The van der Waals surface area contributed by atoms with Crippen molar-refractivity contribution in [1.29, 1.82) is 0 Å². The molecule has 0 aliphatic carbocycles. The molecule has 1 fully saturated rings. The minimum absolute atomic E-state index is 1.00. The summed E-state index contributed by atoms with van der Waals surface area (Å²) in [6, 6.07) is 0. The second-order valence-corrected chi connectivity index (χ2v) is 4.22. The fourth-order valence-electron chi connectivity index (χ4n) is 1.78. The predicted molar refractivity (Wildman–Crippen MR) is 61.7 cm³/mol. The van der Waals surface area contributed by atoms with Crippen molar-refractivity contribution in [3.05, 3.63) is 0 Å². The van der Waals surface area contributed by atoms with E-state index >= 15 is 0 Å². The van der Waals surface area contributed by atoms with E-state index in [2.05, 4.69) is 15.4 Å². The molecule has 0 amide bonds. The van der Waals surface area contributed by atoms with Crippen molar-refractivity contribution in [2.24, 2.45) is 5.10 Å². The summed E-state index contributed by atoms with van der Waals surface area (Å²) in [4.78, 5) is 2.56. The molecule has 0 aromatic heterocycles. The van der Waals surface area contributed by atoms with Gasteiger partial charge in [0.05, 0.1) is 0 Å². The Hall–Kier alpha value is -0.570. The standard InChI is InChI=1S/C11H23N3/c1-11(2)13-12-7-6-10-14-8-4-3-5-9-14/h12H,3-10H2,1-2H3. The Kier molecular flexibility index (Phi) is 5.60. The van der Waals surface area contributed by atoms with Crippen LogP contribution in [-0.2, 0) is 0 Å². The highest BCUT2D eigenvalue weighted by atomic mass is 15.3. The largest absolute Gasteiger partial charge is 0.310 e. The van der Waals surface area contributed by atoms with Gasteiger partial charge >= 0.3 is 0 Å². The molecule has 0 bridgehead atoms. The fraction of sp³-hybridized carbons (Fsp3) is 0.909. The molecule has 3 heteroatoms. The van der Waals surface area contributed by atoms with Gasteiger partial charge in [0.1, 0.15) is 0 Å². The second-order valence-electron chi connectivity index (χ2n) is 4.22. The first-order valence-electron chi connectivity index (χ1n) is 5.75. The first kappa shape index (κ1) is 11.5. The zero-order valence-electron chi connectivity index (χ0n) is 9.55. The lowest BCUT2D eigenvalue weighted by molar-refractivity contribution is 0.226. The number of likely N-dealkylation sites (tertiary alicyclic amines) is 1. The molecule has 1 aliphatic rings. The maximum Gasteiger partial charge on any atom is 0.0341 e. The van der Waals surface area contributed by atoms with Crippen LogP contribution in [0.2, 0.25) is 0 Å². The molecule has 1 saturated heterocycles. The third kappa shape index (κ3) is 5.22. The van der Waals surface area contributed by atoms with Crippen molar-refractivity contribution in [3.8, 4) is 0 Å². The molecule has 0 aromatic rings. The van der Waals surface area contributed by atoms with E-state index < -0.39 is 0 Å². The van der Waals surface area contributed by atoms with Crippen LogP contribution in [0, 0.1) is 0 Å². The van der Waals surface area contributed by atoms with Crippen LogP contribution in [0.15, 0.2) is 5.10 Å². The van der Waals surface area contributed by atoms with Gasteiger partial charge in [0.15, 0.2) is 0 Å². The Balaban J connectivity index is 1.95. The summed E-state index contributed by atoms with van der Waals surface area (Å²) >= 11 is 0. The molecule has 0 atom stereocenters. The van der Waals surface area contributed by atoms with Crippen LogP contribution in [0.3, 0.4) is 0 Å². The van der Waals surface area contributed by atoms with Crippen molar-refractivity contribution >= 4 is 5.71 Å². The third-order valence-corrected chi connectivity index (χ3v) is 2.51. The van der Waals surface area contributed by atoms with Gasteiger partial charge in [0, 0.05) is 12.3 Å². The van der Waals surface area contributed by atoms with E-state index in [1.165, 1.54) is 45.3 Å². The summed E-state index contributed by atoms with van der Waals surface area (Å²) in [6.07, 6.45) is 5.41. The van der Waals surface area contributed by atoms with E-state index in [0.29, 0.717) is 0 Å². The Morgan fingerprint density at radius 1 is 1.21 bits per heavy atom. The van der Waals surface area contributed by atoms with Gasteiger partial charge in [-0.25, -0.2) is 0 Å². The van der Waals surface area contributed by atoms with Gasteiger partial charge < -0.3 is 10.3 Å². The zero-order valence-corrected chi connectivity index (χ0v) is 9.55. The van der Waals surface area contributed by atoms with Crippen molar-refractivity contribution < 1.29 is 0 Å². The average Bonchev–Trinajstić information content (AvgIpc) is 2.18. The number of nitrogens with one attached hydrogen (secondary N) is 1. The van der Waals surface area contributed by atoms with E-state index in [1.807, 2.05) is 13.8 Å². The zero-order chi connectivity index (χ0) is 10.2. The average molecular weight is 197 g/mol. The SMILES string of the molecule is CC(C)=NNCCCN1CCCCC1. The number of nitrogens with zero attached hydrogens (tertiary/aromatic N) is 2. The molecule has 82 valence electrons. The van der Waals surface area contributed by atoms with Gasteiger partial charge in [-0.05, 0) is 52.7 Å². The van der Waals surface area contributed by atoms with E-state index in [9.17, 15) is 0 Å². The van der Waals surface area contributed by atoms with Crippen LogP contribution in [-0.4, -0.2) is 36.8 Å². The number of hydrazone groups is 1. The summed E-state index contributed by atoms with van der Waals surface area (Å²) in [6.45, 7) is 8.86. The lowest BCUT2D eigenvalue weighted by Gasteiger charge is -2.26. The molecule has 0 radical (unpaired) electrons. The Bertz CT molecular complexity index is 167. The first-order valence-corrected chi connectivity index (χ1v) is 5.75. The van der Waals surface area contributed by atoms with E-state index in [1.54, 1.807) is 0 Å². The lowest BCUT2D eigenvalue weighted by Crippen LogP contribution is -2.31. The molecule has 3 nitrogen and oxygen atoms in total. The van der Waals surface area contributed by atoms with Crippen LogP contribution in [0.25, 0.3) is 0 Å². The normalized spacial score (nSPS) is 17.9. The van der Waals surface area contributed by atoms with E-state index in [4.69, 9.17) is 0 Å². The van der Waals surface area contributed by atoms with Crippen molar-refractivity contribution in [1.82, 2.24) is 10.3 Å². The summed E-state index contributed by atoms with van der Waals surface area (Å²) in [5.74, 6) is 0. The smallest absolute Gasteiger partial charge is 0.0341 e. The van der Waals surface area contributed by atoms with Gasteiger partial charge in [-0.1, -0.05) is 6.42 Å². The minimum Gasteiger partial charge on any atom is -0.310 e. The Morgan fingerprint density at radius 2 is 1.93 bits per heavy atom. The summed E-state index contributed by atoms with van der Waals surface area (Å²) in [5, 5.41) is 4.16. The van der Waals surface area contributed by atoms with Gasteiger partial charge in [0.25, 0.3) is 0 Å². The van der Waals surface area contributed by atoms with Crippen molar-refractivity contribution in [3.63, 3.8) is 0 Å². The summed E-state index contributed by atoms with van der Waals surface area (Å²) in [5.41, 5.74) is 4.19. The first-order chi connectivity index (χ1) is 6.79. The van der Waals surface area contributed by atoms with Crippen LogP contribution in [0.1, 0.15) is 39.5 Å². The van der Waals surface area contributed by atoms with E-state index in [0.717, 1.165) is 12.3 Å². The van der Waals surface area contributed by atoms with E-state index in [-0.39, 0.29) is 0 Å². The quantitative estimate of drug-likeness (QED) is 0.414. The predicted octanol–water partition coefficient (Wildman–Crippen LogP) is 1.85. The molecular formula is C11H23N3. The molecule has 0 aromatic carbocycles. The number of hydrogen-bond acceptors (Lipinski definition) is 3. The molecule has 0 saturated carbocycles. The summed E-state index contributed by atoms with van der Waals surface area (Å²) in [7, 11) is 0. The highest BCUT2D eigenvalue weighted by molar-refractivity contribution is 5.78. The molecular weight excluding hydrogens is 174 g/mol. The third-order valence-electron chi connectivity index (χ3n) is 2.51. The van der Waals surface area contributed by atoms with Gasteiger partial charge in [0.2, 0.25) is 0 Å². The van der Waals surface area contributed by atoms with Gasteiger partial charge in [-0.15, -0.1) is 0 Å². The monoisotopic (exact) mass is 197 g/mol. The van der Waals surface area contributed by atoms with Crippen LogP contribution >= 0.6 is 0 Å². The minimum atomic E-state index is 1.00. The number of hydrogen-bond donors (Lipinski definition) is 1. The topological polar surface area (TPSA) is 27.6 Å². The van der Waals surface area contributed by atoms with Crippen LogP contribution in [0.4, 0.5) is 0 Å². The summed E-state index contributed by atoms with van der Waals surface area (Å²) < 4.78 is 0. The Labute approximate surface area is 87.6 Å². The highest BCUT2D eigenvalue weighted by Gasteiger charge is 2.08. The molecule has 0 unspecified atom stereocenters. The maximum atomic E-state index is 4.16. The van der Waals surface area contributed by atoms with Crippen molar-refractivity contribution in [2.45, 2.75) is 39.5 Å². The fourth-order valence-corrected chi connectivity index (χ4v) is 1.78. The van der Waals surface area contributed by atoms with Crippen LogP contribution in [0.5, 0.6) is 0 Å².